The van der Waals surface area contributed by atoms with Gasteiger partial charge in [-0.15, -0.1) is 0 Å². The number of hydrogen-bond acceptors (Lipinski definition) is 3. The summed E-state index contributed by atoms with van der Waals surface area (Å²) >= 11 is 3.44. The molecule has 0 spiro atoms. The van der Waals surface area contributed by atoms with Crippen LogP contribution in [0.25, 0.3) is 11.1 Å². The van der Waals surface area contributed by atoms with Gasteiger partial charge in [0.2, 0.25) is 0 Å². The Morgan fingerprint density at radius 2 is 2.24 bits per heavy atom. The molecular formula is C13H15BrN2O. The SMILES string of the molecule is NCC1(Cc2nc3cc(Br)ccc3o2)CCC1. The predicted molar refractivity (Wildman–Crippen MR) is 70.8 cm³/mol. The van der Waals surface area contributed by atoms with E-state index in [1.54, 1.807) is 0 Å². The average Bonchev–Trinajstić information content (AvgIpc) is 2.65. The van der Waals surface area contributed by atoms with Crippen molar-refractivity contribution in [3.63, 3.8) is 0 Å². The zero-order valence-corrected chi connectivity index (χ0v) is 11.2. The molecule has 0 saturated heterocycles. The van der Waals surface area contributed by atoms with E-state index < -0.39 is 0 Å². The number of nitrogens with zero attached hydrogens (tertiary/aromatic N) is 1. The highest BCUT2D eigenvalue weighted by atomic mass is 79.9. The van der Waals surface area contributed by atoms with Gasteiger partial charge in [0.05, 0.1) is 0 Å². The Balaban J connectivity index is 1.90. The standard InChI is InChI=1S/C13H15BrN2O/c14-9-2-3-11-10(6-9)16-12(17-11)7-13(8-15)4-1-5-13/h2-3,6H,1,4-5,7-8,15H2. The van der Waals surface area contributed by atoms with Crippen molar-refractivity contribution >= 4 is 27.0 Å². The molecule has 1 aliphatic rings. The average molecular weight is 295 g/mol. The van der Waals surface area contributed by atoms with E-state index in [0.29, 0.717) is 0 Å². The van der Waals surface area contributed by atoms with Gasteiger partial charge in [0.1, 0.15) is 5.52 Å². The number of benzene rings is 1. The second-order valence-corrected chi connectivity index (χ2v) is 5.87. The van der Waals surface area contributed by atoms with Crippen LogP contribution in [0, 0.1) is 5.41 Å². The van der Waals surface area contributed by atoms with Gasteiger partial charge in [-0.3, -0.25) is 0 Å². The van der Waals surface area contributed by atoms with Crippen LogP contribution in [0.4, 0.5) is 0 Å². The van der Waals surface area contributed by atoms with Gasteiger partial charge >= 0.3 is 0 Å². The van der Waals surface area contributed by atoms with Crippen LogP contribution in [0.15, 0.2) is 27.1 Å². The van der Waals surface area contributed by atoms with E-state index in [-0.39, 0.29) is 5.41 Å². The third kappa shape index (κ3) is 2.00. The van der Waals surface area contributed by atoms with E-state index in [9.17, 15) is 0 Å². The molecule has 0 unspecified atom stereocenters. The number of fused-ring (bicyclic) bond motifs is 1. The monoisotopic (exact) mass is 294 g/mol. The Hall–Kier alpha value is -0.870. The first kappa shape index (κ1) is 11.2. The minimum Gasteiger partial charge on any atom is -0.441 e. The van der Waals surface area contributed by atoms with Crippen molar-refractivity contribution in [2.75, 3.05) is 6.54 Å². The smallest absolute Gasteiger partial charge is 0.196 e. The summed E-state index contributed by atoms with van der Waals surface area (Å²) in [6.45, 7) is 0.732. The molecule has 1 aromatic carbocycles. The zero-order valence-electron chi connectivity index (χ0n) is 9.58. The summed E-state index contributed by atoms with van der Waals surface area (Å²) in [4.78, 5) is 4.54. The first-order valence-corrected chi connectivity index (χ1v) is 6.75. The Morgan fingerprint density at radius 3 is 2.88 bits per heavy atom. The minimum atomic E-state index is 0.248. The van der Waals surface area contributed by atoms with Crippen molar-refractivity contribution in [3.05, 3.63) is 28.6 Å². The fourth-order valence-corrected chi connectivity index (χ4v) is 2.82. The molecule has 1 aromatic heterocycles. The molecule has 0 radical (unpaired) electrons. The Morgan fingerprint density at radius 1 is 1.41 bits per heavy atom. The highest BCUT2D eigenvalue weighted by Gasteiger charge is 2.37. The van der Waals surface area contributed by atoms with Crippen LogP contribution in [0.1, 0.15) is 25.2 Å². The summed E-state index contributed by atoms with van der Waals surface area (Å²) in [6.07, 6.45) is 4.55. The molecule has 4 heteroatoms. The highest BCUT2D eigenvalue weighted by Crippen LogP contribution is 2.42. The summed E-state index contributed by atoms with van der Waals surface area (Å²) in [7, 11) is 0. The topological polar surface area (TPSA) is 52.0 Å². The summed E-state index contributed by atoms with van der Waals surface area (Å²) in [5.41, 5.74) is 7.88. The van der Waals surface area contributed by atoms with E-state index in [1.165, 1.54) is 19.3 Å². The number of halogens is 1. The Kier molecular flexibility index (Phi) is 2.71. The van der Waals surface area contributed by atoms with Crippen molar-refractivity contribution in [1.82, 2.24) is 4.98 Å². The van der Waals surface area contributed by atoms with Crippen LogP contribution in [0.2, 0.25) is 0 Å². The lowest BCUT2D eigenvalue weighted by Crippen LogP contribution is -2.39. The summed E-state index contributed by atoms with van der Waals surface area (Å²) in [5, 5.41) is 0. The van der Waals surface area contributed by atoms with Gasteiger partial charge in [-0.05, 0) is 43.0 Å². The molecule has 0 amide bonds. The molecule has 1 aliphatic carbocycles. The van der Waals surface area contributed by atoms with Crippen LogP contribution in [0.3, 0.4) is 0 Å². The van der Waals surface area contributed by atoms with Gasteiger partial charge in [-0.1, -0.05) is 22.4 Å². The lowest BCUT2D eigenvalue weighted by atomic mass is 9.67. The second kappa shape index (κ2) is 4.10. The van der Waals surface area contributed by atoms with Gasteiger partial charge in [0.15, 0.2) is 11.5 Å². The van der Waals surface area contributed by atoms with Gasteiger partial charge in [-0.25, -0.2) is 4.98 Å². The molecule has 1 heterocycles. The molecule has 0 aliphatic heterocycles. The van der Waals surface area contributed by atoms with Crippen LogP contribution >= 0.6 is 15.9 Å². The highest BCUT2D eigenvalue weighted by molar-refractivity contribution is 9.10. The maximum absolute atomic E-state index is 5.86. The molecule has 90 valence electrons. The lowest BCUT2D eigenvalue weighted by Gasteiger charge is -2.39. The van der Waals surface area contributed by atoms with E-state index in [0.717, 1.165) is 34.4 Å². The quantitative estimate of drug-likeness (QED) is 0.945. The van der Waals surface area contributed by atoms with Crippen molar-refractivity contribution in [3.8, 4) is 0 Å². The first-order chi connectivity index (χ1) is 8.21. The summed E-state index contributed by atoms with van der Waals surface area (Å²) < 4.78 is 6.80. The molecule has 0 bridgehead atoms. The number of hydrogen-bond donors (Lipinski definition) is 1. The number of aromatic nitrogens is 1. The normalized spacial score (nSPS) is 18.2. The number of rotatable bonds is 3. The van der Waals surface area contributed by atoms with E-state index in [4.69, 9.17) is 10.2 Å². The third-order valence-corrected chi connectivity index (χ3v) is 4.26. The van der Waals surface area contributed by atoms with E-state index in [1.807, 2.05) is 18.2 Å². The van der Waals surface area contributed by atoms with Crippen molar-refractivity contribution in [1.29, 1.82) is 0 Å². The fraction of sp³-hybridized carbons (Fsp3) is 0.462. The zero-order chi connectivity index (χ0) is 11.9. The van der Waals surface area contributed by atoms with E-state index in [2.05, 4.69) is 20.9 Å². The first-order valence-electron chi connectivity index (χ1n) is 5.96. The molecular weight excluding hydrogens is 280 g/mol. The van der Waals surface area contributed by atoms with Crippen LogP contribution < -0.4 is 5.73 Å². The predicted octanol–water partition coefficient (Wildman–Crippen LogP) is 3.26. The van der Waals surface area contributed by atoms with Crippen molar-refractivity contribution < 1.29 is 4.42 Å². The Labute approximate surface area is 109 Å². The molecule has 3 rings (SSSR count). The van der Waals surface area contributed by atoms with Gasteiger partial charge < -0.3 is 10.2 Å². The fourth-order valence-electron chi connectivity index (χ4n) is 2.47. The maximum Gasteiger partial charge on any atom is 0.196 e. The molecule has 17 heavy (non-hydrogen) atoms. The lowest BCUT2D eigenvalue weighted by molar-refractivity contribution is 0.134. The van der Waals surface area contributed by atoms with Gasteiger partial charge in [0, 0.05) is 10.9 Å². The van der Waals surface area contributed by atoms with Crippen molar-refractivity contribution in [2.45, 2.75) is 25.7 Å². The molecule has 0 atom stereocenters. The molecule has 2 aromatic rings. The molecule has 1 fully saturated rings. The van der Waals surface area contributed by atoms with Crippen LogP contribution in [-0.4, -0.2) is 11.5 Å². The minimum absolute atomic E-state index is 0.248. The molecule has 1 saturated carbocycles. The summed E-state index contributed by atoms with van der Waals surface area (Å²) in [5.74, 6) is 0.822. The van der Waals surface area contributed by atoms with Crippen LogP contribution in [-0.2, 0) is 6.42 Å². The maximum atomic E-state index is 5.86. The van der Waals surface area contributed by atoms with Gasteiger partial charge in [-0.2, -0.15) is 0 Å². The summed E-state index contributed by atoms with van der Waals surface area (Å²) in [6, 6.07) is 5.91. The van der Waals surface area contributed by atoms with E-state index >= 15 is 0 Å². The number of oxazole rings is 1. The van der Waals surface area contributed by atoms with Gasteiger partial charge in [0.25, 0.3) is 0 Å². The third-order valence-electron chi connectivity index (χ3n) is 3.77. The second-order valence-electron chi connectivity index (χ2n) is 4.95. The Bertz CT molecular complexity index is 540. The molecule has 3 nitrogen and oxygen atoms in total. The van der Waals surface area contributed by atoms with Crippen LogP contribution in [0.5, 0.6) is 0 Å². The van der Waals surface area contributed by atoms with Crippen molar-refractivity contribution in [2.24, 2.45) is 11.1 Å². The largest absolute Gasteiger partial charge is 0.441 e. The number of nitrogens with two attached hydrogens (primary N) is 1. The molecule has 2 N–H and O–H groups in total.